The Morgan fingerprint density at radius 3 is 2.12 bits per heavy atom. The van der Waals surface area contributed by atoms with Gasteiger partial charge in [-0.15, -0.1) is 0 Å². The lowest BCUT2D eigenvalue weighted by Gasteiger charge is -2.29. The van der Waals surface area contributed by atoms with E-state index in [1.807, 2.05) is 0 Å². The molecule has 1 N–H and O–H groups in total. The minimum Gasteiger partial charge on any atom is -0.352 e. The van der Waals surface area contributed by atoms with E-state index in [2.05, 4.69) is 15.1 Å². The summed E-state index contributed by atoms with van der Waals surface area (Å²) in [6.07, 6.45) is 13.8. The first-order valence-electron chi connectivity index (χ1n) is 11.0. The highest BCUT2D eigenvalue weighted by atomic mass is 16.2. The zero-order chi connectivity index (χ0) is 17.1. The predicted octanol–water partition coefficient (Wildman–Crippen LogP) is 2.88. The van der Waals surface area contributed by atoms with E-state index in [0.29, 0.717) is 12.6 Å². The van der Waals surface area contributed by atoms with Crippen molar-refractivity contribution in [3.8, 4) is 0 Å². The minimum absolute atomic E-state index is 0.282. The molecule has 0 bridgehead atoms. The lowest BCUT2D eigenvalue weighted by molar-refractivity contribution is -0.123. The van der Waals surface area contributed by atoms with Gasteiger partial charge in [0.15, 0.2) is 0 Å². The van der Waals surface area contributed by atoms with Crippen LogP contribution in [0.15, 0.2) is 0 Å². The first kappa shape index (κ1) is 17.8. The van der Waals surface area contributed by atoms with E-state index in [9.17, 15) is 4.79 Å². The number of hydrogen-bond acceptors (Lipinski definition) is 3. The van der Waals surface area contributed by atoms with Gasteiger partial charge in [-0.25, -0.2) is 0 Å². The Kier molecular flexibility index (Phi) is 5.97. The lowest BCUT2D eigenvalue weighted by Crippen LogP contribution is -2.45. The van der Waals surface area contributed by atoms with Gasteiger partial charge in [-0.05, 0) is 75.8 Å². The molecule has 0 spiro atoms. The van der Waals surface area contributed by atoms with E-state index in [-0.39, 0.29) is 5.91 Å². The van der Waals surface area contributed by atoms with Gasteiger partial charge in [-0.3, -0.25) is 9.69 Å². The van der Waals surface area contributed by atoms with Crippen LogP contribution in [0.4, 0.5) is 0 Å². The van der Waals surface area contributed by atoms with Gasteiger partial charge in [0.25, 0.3) is 0 Å². The Balaban J connectivity index is 1.18. The maximum absolute atomic E-state index is 12.5. The number of amides is 1. The molecule has 0 unspecified atom stereocenters. The van der Waals surface area contributed by atoms with Crippen LogP contribution in [0.2, 0.25) is 0 Å². The molecule has 3 saturated carbocycles. The van der Waals surface area contributed by atoms with Gasteiger partial charge in [0.2, 0.25) is 5.91 Å². The minimum atomic E-state index is 0.282. The highest BCUT2D eigenvalue weighted by Crippen LogP contribution is 2.44. The van der Waals surface area contributed by atoms with Gasteiger partial charge in [0.1, 0.15) is 0 Å². The van der Waals surface area contributed by atoms with Crippen molar-refractivity contribution in [2.45, 2.75) is 70.3 Å². The monoisotopic (exact) mass is 347 g/mol. The summed E-state index contributed by atoms with van der Waals surface area (Å²) in [6.45, 7) is 6.45. The summed E-state index contributed by atoms with van der Waals surface area (Å²) in [4.78, 5) is 17.6. The molecule has 1 saturated heterocycles. The van der Waals surface area contributed by atoms with Crippen LogP contribution in [0.5, 0.6) is 0 Å². The van der Waals surface area contributed by atoms with Crippen LogP contribution in [0.1, 0.15) is 64.2 Å². The van der Waals surface area contributed by atoms with Gasteiger partial charge in [0, 0.05) is 25.7 Å². The van der Waals surface area contributed by atoms with Gasteiger partial charge in [-0.2, -0.15) is 0 Å². The predicted molar refractivity (Wildman–Crippen MR) is 101 cm³/mol. The molecule has 4 heteroatoms. The molecule has 0 aromatic heterocycles. The molecule has 1 heterocycles. The van der Waals surface area contributed by atoms with Crippen molar-refractivity contribution in [3.05, 3.63) is 0 Å². The highest BCUT2D eigenvalue weighted by molar-refractivity contribution is 5.78. The van der Waals surface area contributed by atoms with E-state index >= 15 is 0 Å². The summed E-state index contributed by atoms with van der Waals surface area (Å²) in [5, 5.41) is 3.39. The number of carbonyl (C=O) groups excluding carboxylic acids is 1. The average molecular weight is 348 g/mol. The summed E-state index contributed by atoms with van der Waals surface area (Å²) >= 11 is 0. The van der Waals surface area contributed by atoms with Gasteiger partial charge in [-0.1, -0.05) is 19.3 Å². The highest BCUT2D eigenvalue weighted by Gasteiger charge is 2.42. The summed E-state index contributed by atoms with van der Waals surface area (Å²) in [5.41, 5.74) is 0. The third-order valence-corrected chi connectivity index (χ3v) is 6.88. The third kappa shape index (κ3) is 5.43. The van der Waals surface area contributed by atoms with Gasteiger partial charge >= 0.3 is 0 Å². The first-order valence-corrected chi connectivity index (χ1v) is 11.0. The summed E-state index contributed by atoms with van der Waals surface area (Å²) in [5.74, 6) is 2.81. The zero-order valence-electron chi connectivity index (χ0n) is 15.9. The van der Waals surface area contributed by atoms with Crippen LogP contribution in [0, 0.1) is 17.8 Å². The second kappa shape index (κ2) is 8.39. The topological polar surface area (TPSA) is 35.6 Å². The number of carbonyl (C=O) groups is 1. The number of hydrogen-bond donors (Lipinski definition) is 1. The molecule has 4 nitrogen and oxygen atoms in total. The number of nitrogens with zero attached hydrogens (tertiary/aromatic N) is 2. The molecule has 0 aromatic rings. The molecule has 4 rings (SSSR count). The maximum Gasteiger partial charge on any atom is 0.234 e. The van der Waals surface area contributed by atoms with Crippen molar-refractivity contribution >= 4 is 5.91 Å². The Morgan fingerprint density at radius 1 is 0.800 bits per heavy atom. The zero-order valence-corrected chi connectivity index (χ0v) is 15.9. The quantitative estimate of drug-likeness (QED) is 0.769. The molecular formula is C21H37N3O. The van der Waals surface area contributed by atoms with Crippen molar-refractivity contribution in [2.24, 2.45) is 17.8 Å². The Bertz CT molecular complexity index is 428. The second-order valence-corrected chi connectivity index (χ2v) is 9.20. The van der Waals surface area contributed by atoms with Crippen molar-refractivity contribution in [3.63, 3.8) is 0 Å². The molecule has 1 amide bonds. The van der Waals surface area contributed by atoms with Crippen molar-refractivity contribution in [2.75, 3.05) is 39.3 Å². The smallest absolute Gasteiger partial charge is 0.234 e. The first-order chi connectivity index (χ1) is 12.3. The van der Waals surface area contributed by atoms with Gasteiger partial charge < -0.3 is 10.2 Å². The van der Waals surface area contributed by atoms with Crippen LogP contribution < -0.4 is 5.32 Å². The molecule has 0 radical (unpaired) electrons. The summed E-state index contributed by atoms with van der Waals surface area (Å²) in [7, 11) is 0. The summed E-state index contributed by atoms with van der Waals surface area (Å²) in [6, 6.07) is 0.502. The van der Waals surface area contributed by atoms with E-state index < -0.39 is 0 Å². The van der Waals surface area contributed by atoms with Gasteiger partial charge in [0.05, 0.1) is 6.54 Å². The Labute approximate surface area is 153 Å². The van der Waals surface area contributed by atoms with E-state index in [1.165, 1.54) is 77.3 Å². The number of rotatable bonds is 7. The average Bonchev–Trinajstić information content (AvgIpc) is 3.50. The SMILES string of the molecule is O=C(CN1CCCN(CC2CCCCC2)CC1)NC(C1CC1)C1CC1. The number of nitrogens with one attached hydrogen (secondary N) is 1. The summed E-state index contributed by atoms with van der Waals surface area (Å²) < 4.78 is 0. The molecule has 0 aromatic carbocycles. The van der Waals surface area contributed by atoms with Crippen molar-refractivity contribution in [1.82, 2.24) is 15.1 Å². The fourth-order valence-electron chi connectivity index (χ4n) is 5.07. The molecule has 25 heavy (non-hydrogen) atoms. The molecule has 3 aliphatic carbocycles. The molecule has 1 aliphatic heterocycles. The van der Waals surface area contributed by atoms with Crippen LogP contribution in [0.25, 0.3) is 0 Å². The molecule has 4 aliphatic rings. The third-order valence-electron chi connectivity index (χ3n) is 6.88. The largest absolute Gasteiger partial charge is 0.352 e. The fraction of sp³-hybridized carbons (Fsp3) is 0.952. The molecule has 142 valence electrons. The van der Waals surface area contributed by atoms with E-state index in [1.54, 1.807) is 0 Å². The van der Waals surface area contributed by atoms with E-state index in [4.69, 9.17) is 0 Å². The molecule has 0 atom stereocenters. The van der Waals surface area contributed by atoms with Crippen LogP contribution >= 0.6 is 0 Å². The van der Waals surface area contributed by atoms with Crippen molar-refractivity contribution in [1.29, 1.82) is 0 Å². The normalized spacial score (nSPS) is 27.4. The maximum atomic E-state index is 12.5. The van der Waals surface area contributed by atoms with Crippen molar-refractivity contribution < 1.29 is 4.79 Å². The van der Waals surface area contributed by atoms with Crippen LogP contribution in [0.3, 0.4) is 0 Å². The molecule has 4 fully saturated rings. The second-order valence-electron chi connectivity index (χ2n) is 9.20. The molecular weight excluding hydrogens is 310 g/mol. The van der Waals surface area contributed by atoms with E-state index in [0.717, 1.165) is 37.4 Å². The Hall–Kier alpha value is -0.610. The lowest BCUT2D eigenvalue weighted by atomic mass is 9.89. The van der Waals surface area contributed by atoms with Crippen LogP contribution in [-0.2, 0) is 4.79 Å². The Morgan fingerprint density at radius 2 is 1.44 bits per heavy atom. The van der Waals surface area contributed by atoms with Crippen LogP contribution in [-0.4, -0.2) is 61.0 Å². The standard InChI is InChI=1S/C21H37N3O/c25-20(22-21(18-7-8-18)19-9-10-19)16-24-12-4-11-23(13-14-24)15-17-5-2-1-3-6-17/h17-19,21H,1-16H2,(H,22,25). The fourth-order valence-corrected chi connectivity index (χ4v) is 5.07.